The minimum Gasteiger partial charge on any atom is -0.361 e. The summed E-state index contributed by atoms with van der Waals surface area (Å²) < 4.78 is 0. The third-order valence-electron chi connectivity index (χ3n) is 2.86. The number of aromatic nitrogens is 2. The number of halogens is 2. The van der Waals surface area contributed by atoms with E-state index in [1.165, 1.54) is 12.8 Å². The highest BCUT2D eigenvalue weighted by Gasteiger charge is 2.20. The minimum atomic E-state index is 0. The molecule has 0 atom stereocenters. The van der Waals surface area contributed by atoms with Crippen molar-refractivity contribution in [2.24, 2.45) is 0 Å². The van der Waals surface area contributed by atoms with Crippen molar-refractivity contribution in [2.45, 2.75) is 18.8 Å². The zero-order valence-corrected chi connectivity index (χ0v) is 11.9. The first-order chi connectivity index (χ1) is 7.29. The highest BCUT2D eigenvalue weighted by molar-refractivity contribution is 5.85. The Morgan fingerprint density at radius 1 is 1.12 bits per heavy atom. The van der Waals surface area contributed by atoms with Gasteiger partial charge in [-0.25, -0.2) is 4.98 Å². The Balaban J connectivity index is 0.00000128. The Labute approximate surface area is 115 Å². The fraction of sp³-hybridized carbons (Fsp3) is 0.636. The summed E-state index contributed by atoms with van der Waals surface area (Å²) >= 11 is 0. The van der Waals surface area contributed by atoms with E-state index in [0.717, 1.165) is 24.6 Å². The fourth-order valence-corrected chi connectivity index (χ4v) is 2.07. The topological polar surface area (TPSA) is 41.1 Å². The molecule has 0 bridgehead atoms. The number of piperidine rings is 1. The maximum atomic E-state index is 4.49. The fourth-order valence-electron chi connectivity index (χ4n) is 2.07. The van der Waals surface area contributed by atoms with Crippen molar-refractivity contribution >= 4 is 30.6 Å². The van der Waals surface area contributed by atoms with Crippen molar-refractivity contribution in [3.8, 4) is 0 Å². The summed E-state index contributed by atoms with van der Waals surface area (Å²) in [7, 11) is 4.04. The van der Waals surface area contributed by atoms with E-state index in [1.54, 1.807) is 12.4 Å². The molecule has 0 saturated carbocycles. The van der Waals surface area contributed by atoms with Gasteiger partial charge in [0.2, 0.25) is 0 Å². The summed E-state index contributed by atoms with van der Waals surface area (Å²) in [5, 5.41) is 3.37. The van der Waals surface area contributed by atoms with Crippen molar-refractivity contribution in [2.75, 3.05) is 32.1 Å². The first kappa shape index (κ1) is 16.4. The van der Waals surface area contributed by atoms with Crippen LogP contribution in [-0.2, 0) is 0 Å². The minimum absolute atomic E-state index is 0. The lowest BCUT2D eigenvalue weighted by atomic mass is 9.94. The Kier molecular flexibility index (Phi) is 7.43. The Bertz CT molecular complexity index is 327. The lowest BCUT2D eigenvalue weighted by molar-refractivity contribution is 0.452. The molecule has 0 amide bonds. The molecule has 1 fully saturated rings. The Morgan fingerprint density at radius 2 is 1.71 bits per heavy atom. The molecule has 0 spiro atoms. The molecule has 17 heavy (non-hydrogen) atoms. The largest absolute Gasteiger partial charge is 0.361 e. The van der Waals surface area contributed by atoms with Gasteiger partial charge in [-0.15, -0.1) is 24.8 Å². The third kappa shape index (κ3) is 3.98. The van der Waals surface area contributed by atoms with Gasteiger partial charge in [-0.3, -0.25) is 4.98 Å². The number of anilines is 1. The second-order valence-corrected chi connectivity index (χ2v) is 4.18. The third-order valence-corrected chi connectivity index (χ3v) is 2.86. The molecule has 1 N–H and O–H groups in total. The predicted octanol–water partition coefficient (Wildman–Crippen LogP) is 1.85. The monoisotopic (exact) mass is 278 g/mol. The smallest absolute Gasteiger partial charge is 0.150 e. The van der Waals surface area contributed by atoms with Gasteiger partial charge in [-0.05, 0) is 25.9 Å². The SMILES string of the molecule is CN(C)c1nccnc1C1CCNCC1.Cl.Cl. The van der Waals surface area contributed by atoms with Crippen LogP contribution < -0.4 is 10.2 Å². The van der Waals surface area contributed by atoms with Crippen LogP contribution in [0.1, 0.15) is 24.5 Å². The Morgan fingerprint density at radius 3 is 2.29 bits per heavy atom. The lowest BCUT2D eigenvalue weighted by Gasteiger charge is -2.25. The highest BCUT2D eigenvalue weighted by Crippen LogP contribution is 2.28. The summed E-state index contributed by atoms with van der Waals surface area (Å²) in [6.07, 6.45) is 5.89. The van der Waals surface area contributed by atoms with Gasteiger partial charge in [0.05, 0.1) is 5.69 Å². The van der Waals surface area contributed by atoms with Crippen LogP contribution in [-0.4, -0.2) is 37.2 Å². The Hall–Kier alpha value is -0.580. The molecule has 0 aliphatic carbocycles. The number of nitrogens with one attached hydrogen (secondary N) is 1. The van der Waals surface area contributed by atoms with Crippen molar-refractivity contribution in [1.29, 1.82) is 0 Å². The van der Waals surface area contributed by atoms with E-state index in [9.17, 15) is 0 Å². The second-order valence-electron chi connectivity index (χ2n) is 4.18. The molecule has 0 radical (unpaired) electrons. The van der Waals surface area contributed by atoms with E-state index in [-0.39, 0.29) is 24.8 Å². The van der Waals surface area contributed by atoms with E-state index >= 15 is 0 Å². The van der Waals surface area contributed by atoms with Crippen LogP contribution in [0.5, 0.6) is 0 Å². The summed E-state index contributed by atoms with van der Waals surface area (Å²) in [5.41, 5.74) is 1.16. The first-order valence-electron chi connectivity index (χ1n) is 5.48. The van der Waals surface area contributed by atoms with Crippen LogP contribution in [0.3, 0.4) is 0 Å². The normalized spacial score (nSPS) is 15.6. The van der Waals surface area contributed by atoms with Crippen LogP contribution in [0.25, 0.3) is 0 Å². The molecular formula is C11H20Cl2N4. The van der Waals surface area contributed by atoms with Gasteiger partial charge >= 0.3 is 0 Å². The van der Waals surface area contributed by atoms with Crippen LogP contribution in [0.15, 0.2) is 12.4 Å². The average molecular weight is 279 g/mol. The van der Waals surface area contributed by atoms with Crippen LogP contribution >= 0.6 is 24.8 Å². The van der Waals surface area contributed by atoms with Crippen LogP contribution in [0.4, 0.5) is 5.82 Å². The molecule has 1 aromatic heterocycles. The molecule has 1 saturated heterocycles. The maximum absolute atomic E-state index is 4.49. The van der Waals surface area contributed by atoms with Crippen molar-refractivity contribution in [1.82, 2.24) is 15.3 Å². The van der Waals surface area contributed by atoms with Gasteiger partial charge in [-0.2, -0.15) is 0 Å². The average Bonchev–Trinajstić information content (AvgIpc) is 2.30. The molecule has 1 aliphatic heterocycles. The van der Waals surface area contributed by atoms with E-state index in [4.69, 9.17) is 0 Å². The first-order valence-corrected chi connectivity index (χ1v) is 5.48. The maximum Gasteiger partial charge on any atom is 0.150 e. The van der Waals surface area contributed by atoms with Crippen molar-refractivity contribution in [3.63, 3.8) is 0 Å². The molecule has 1 aliphatic rings. The molecule has 1 aromatic rings. The molecule has 6 heteroatoms. The summed E-state index contributed by atoms with van der Waals surface area (Å²) in [6.45, 7) is 2.18. The highest BCUT2D eigenvalue weighted by atomic mass is 35.5. The summed E-state index contributed by atoms with van der Waals surface area (Å²) in [4.78, 5) is 10.9. The van der Waals surface area contributed by atoms with Gasteiger partial charge in [0, 0.05) is 32.4 Å². The lowest BCUT2D eigenvalue weighted by Crippen LogP contribution is -2.28. The zero-order chi connectivity index (χ0) is 10.7. The van der Waals surface area contributed by atoms with Crippen LogP contribution in [0, 0.1) is 0 Å². The number of rotatable bonds is 2. The van der Waals surface area contributed by atoms with Gasteiger partial charge in [0.25, 0.3) is 0 Å². The molecule has 4 nitrogen and oxygen atoms in total. The number of nitrogens with zero attached hydrogens (tertiary/aromatic N) is 3. The molecular weight excluding hydrogens is 259 g/mol. The zero-order valence-electron chi connectivity index (χ0n) is 10.2. The quantitative estimate of drug-likeness (QED) is 0.897. The van der Waals surface area contributed by atoms with Gasteiger partial charge in [0.1, 0.15) is 5.82 Å². The van der Waals surface area contributed by atoms with E-state index < -0.39 is 0 Å². The van der Waals surface area contributed by atoms with Gasteiger partial charge < -0.3 is 10.2 Å². The molecule has 0 aromatic carbocycles. The second kappa shape index (κ2) is 7.69. The summed E-state index contributed by atoms with van der Waals surface area (Å²) in [5.74, 6) is 1.58. The molecule has 0 unspecified atom stereocenters. The van der Waals surface area contributed by atoms with Crippen molar-refractivity contribution < 1.29 is 0 Å². The van der Waals surface area contributed by atoms with Gasteiger partial charge in [0.15, 0.2) is 0 Å². The standard InChI is InChI=1S/C11H18N4.2ClH/c1-15(2)11-10(13-7-8-14-11)9-3-5-12-6-4-9;;/h7-9,12H,3-6H2,1-2H3;2*1H. The molecule has 2 rings (SSSR count). The van der Waals surface area contributed by atoms with Gasteiger partial charge in [-0.1, -0.05) is 0 Å². The van der Waals surface area contributed by atoms with E-state index in [0.29, 0.717) is 5.92 Å². The van der Waals surface area contributed by atoms with Crippen molar-refractivity contribution in [3.05, 3.63) is 18.1 Å². The molecule has 98 valence electrons. The predicted molar refractivity (Wildman–Crippen MR) is 75.7 cm³/mol. The van der Waals surface area contributed by atoms with Crippen LogP contribution in [0.2, 0.25) is 0 Å². The summed E-state index contributed by atoms with van der Waals surface area (Å²) in [6, 6.07) is 0. The molecule has 2 heterocycles. The number of hydrogen-bond acceptors (Lipinski definition) is 4. The van der Waals surface area contributed by atoms with E-state index in [2.05, 4.69) is 15.3 Å². The van der Waals surface area contributed by atoms with E-state index in [1.807, 2.05) is 19.0 Å². The number of hydrogen-bond donors (Lipinski definition) is 1.